The van der Waals surface area contributed by atoms with Gasteiger partial charge in [-0.1, -0.05) is 31.2 Å². The van der Waals surface area contributed by atoms with Crippen LogP contribution in [0.1, 0.15) is 18.1 Å². The van der Waals surface area contributed by atoms with Crippen LogP contribution in [0.15, 0.2) is 60.8 Å². The number of rotatable bonds is 5. The van der Waals surface area contributed by atoms with Crippen LogP contribution < -0.4 is 10.6 Å². The number of nitrogens with zero attached hydrogens (tertiary/aromatic N) is 2. The second-order valence-corrected chi connectivity index (χ2v) is 5.60. The van der Waals surface area contributed by atoms with Crippen molar-refractivity contribution in [1.82, 2.24) is 9.97 Å². The van der Waals surface area contributed by atoms with Crippen LogP contribution in [0.25, 0.3) is 0 Å². The summed E-state index contributed by atoms with van der Waals surface area (Å²) < 4.78 is 38.4. The summed E-state index contributed by atoms with van der Waals surface area (Å²) >= 11 is 0. The number of halogens is 3. The molecule has 0 amide bonds. The minimum absolute atomic E-state index is 0.211. The van der Waals surface area contributed by atoms with Crippen LogP contribution in [0.3, 0.4) is 0 Å². The second kappa shape index (κ2) is 7.43. The largest absolute Gasteiger partial charge is 0.416 e. The molecule has 26 heavy (non-hydrogen) atoms. The van der Waals surface area contributed by atoms with Gasteiger partial charge in [-0.2, -0.15) is 18.2 Å². The summed E-state index contributed by atoms with van der Waals surface area (Å²) in [5.41, 5.74) is 1.61. The lowest BCUT2D eigenvalue weighted by Gasteiger charge is -2.12. The minimum Gasteiger partial charge on any atom is -0.340 e. The SMILES string of the molecule is CCc1ccccc1Nc1ccnc(Nc2cccc(C(F)(F)F)c2)n1. The number of benzene rings is 2. The number of hydrogen-bond donors (Lipinski definition) is 2. The lowest BCUT2D eigenvalue weighted by atomic mass is 10.1. The minimum atomic E-state index is -4.40. The Kier molecular flexibility index (Phi) is 5.06. The molecule has 0 unspecified atom stereocenters. The number of para-hydroxylation sites is 1. The van der Waals surface area contributed by atoms with Gasteiger partial charge in [0.25, 0.3) is 0 Å². The van der Waals surface area contributed by atoms with Crippen LogP contribution >= 0.6 is 0 Å². The van der Waals surface area contributed by atoms with Gasteiger partial charge in [0.1, 0.15) is 5.82 Å². The Morgan fingerprint density at radius 1 is 0.962 bits per heavy atom. The Bertz CT molecular complexity index is 894. The number of alkyl halides is 3. The van der Waals surface area contributed by atoms with Gasteiger partial charge in [0, 0.05) is 17.6 Å². The molecular weight excluding hydrogens is 341 g/mol. The maximum atomic E-state index is 12.8. The van der Waals surface area contributed by atoms with Crippen molar-refractivity contribution in [2.75, 3.05) is 10.6 Å². The number of aryl methyl sites for hydroxylation is 1. The van der Waals surface area contributed by atoms with Gasteiger partial charge in [0.2, 0.25) is 5.95 Å². The second-order valence-electron chi connectivity index (χ2n) is 5.60. The van der Waals surface area contributed by atoms with Gasteiger partial charge in [-0.05, 0) is 42.3 Å². The normalized spacial score (nSPS) is 11.2. The van der Waals surface area contributed by atoms with E-state index in [2.05, 4.69) is 27.5 Å². The molecular formula is C19H17F3N4. The highest BCUT2D eigenvalue weighted by atomic mass is 19.4. The summed E-state index contributed by atoms with van der Waals surface area (Å²) in [7, 11) is 0. The summed E-state index contributed by atoms with van der Waals surface area (Å²) in [4.78, 5) is 8.38. The standard InChI is InChI=1S/C19H17F3N4/c1-2-13-6-3-4-9-16(13)25-17-10-11-23-18(26-17)24-15-8-5-7-14(12-15)19(20,21)22/h3-12H,2H2,1H3,(H2,23,24,25,26). The molecule has 0 saturated heterocycles. The number of hydrogen-bond acceptors (Lipinski definition) is 4. The fraction of sp³-hybridized carbons (Fsp3) is 0.158. The maximum absolute atomic E-state index is 12.8. The van der Waals surface area contributed by atoms with Crippen molar-refractivity contribution < 1.29 is 13.2 Å². The first kappa shape index (κ1) is 17.7. The van der Waals surface area contributed by atoms with E-state index < -0.39 is 11.7 Å². The molecule has 0 saturated carbocycles. The molecule has 4 nitrogen and oxygen atoms in total. The summed E-state index contributed by atoms with van der Waals surface area (Å²) in [6, 6.07) is 14.5. The first-order chi connectivity index (χ1) is 12.5. The third kappa shape index (κ3) is 4.30. The van der Waals surface area contributed by atoms with Gasteiger partial charge >= 0.3 is 6.18 Å². The third-order valence-electron chi connectivity index (χ3n) is 3.76. The predicted octanol–water partition coefficient (Wildman–Crippen LogP) is 5.55. The molecule has 0 bridgehead atoms. The molecule has 1 aromatic heterocycles. The highest BCUT2D eigenvalue weighted by Gasteiger charge is 2.30. The van der Waals surface area contributed by atoms with Gasteiger partial charge in [0.05, 0.1) is 5.56 Å². The van der Waals surface area contributed by atoms with Crippen LogP contribution in [0.5, 0.6) is 0 Å². The number of aromatic nitrogens is 2. The Morgan fingerprint density at radius 2 is 1.77 bits per heavy atom. The molecule has 134 valence electrons. The molecule has 0 spiro atoms. The summed E-state index contributed by atoms with van der Waals surface area (Å²) in [6.45, 7) is 2.06. The molecule has 7 heteroatoms. The van der Waals surface area contributed by atoms with Gasteiger partial charge in [-0.15, -0.1) is 0 Å². The lowest BCUT2D eigenvalue weighted by Crippen LogP contribution is -2.06. The zero-order valence-electron chi connectivity index (χ0n) is 14.0. The smallest absolute Gasteiger partial charge is 0.340 e. The van der Waals surface area contributed by atoms with E-state index in [1.807, 2.05) is 24.3 Å². The van der Waals surface area contributed by atoms with E-state index in [1.165, 1.54) is 12.1 Å². The Labute approximate surface area is 149 Å². The molecule has 0 aliphatic heterocycles. The molecule has 2 N–H and O–H groups in total. The quantitative estimate of drug-likeness (QED) is 0.628. The van der Waals surface area contributed by atoms with Gasteiger partial charge < -0.3 is 10.6 Å². The van der Waals surface area contributed by atoms with Crippen molar-refractivity contribution in [3.63, 3.8) is 0 Å². The van der Waals surface area contributed by atoms with E-state index in [9.17, 15) is 13.2 Å². The van der Waals surface area contributed by atoms with Gasteiger partial charge in [0.15, 0.2) is 0 Å². The van der Waals surface area contributed by atoms with Crippen molar-refractivity contribution in [1.29, 1.82) is 0 Å². The van der Waals surface area contributed by atoms with E-state index in [0.29, 0.717) is 5.82 Å². The van der Waals surface area contributed by atoms with Gasteiger partial charge in [-0.3, -0.25) is 0 Å². The Balaban J connectivity index is 1.80. The van der Waals surface area contributed by atoms with Crippen LogP contribution in [0.4, 0.5) is 36.3 Å². The monoisotopic (exact) mass is 358 g/mol. The van der Waals surface area contributed by atoms with Crippen molar-refractivity contribution in [2.45, 2.75) is 19.5 Å². The molecule has 2 aromatic carbocycles. The summed E-state index contributed by atoms with van der Waals surface area (Å²) in [6.07, 6.45) is -1.99. The summed E-state index contributed by atoms with van der Waals surface area (Å²) in [5.74, 6) is 0.763. The van der Waals surface area contributed by atoms with Crippen LogP contribution in [-0.4, -0.2) is 9.97 Å². The highest BCUT2D eigenvalue weighted by Crippen LogP contribution is 2.31. The molecule has 0 aliphatic carbocycles. The van der Waals surface area contributed by atoms with Crippen LogP contribution in [0, 0.1) is 0 Å². The van der Waals surface area contributed by atoms with E-state index >= 15 is 0 Å². The zero-order valence-corrected chi connectivity index (χ0v) is 14.0. The molecule has 1 heterocycles. The number of anilines is 4. The van der Waals surface area contributed by atoms with E-state index in [1.54, 1.807) is 12.3 Å². The fourth-order valence-corrected chi connectivity index (χ4v) is 2.48. The average molecular weight is 358 g/mol. The molecule has 0 radical (unpaired) electrons. The Hall–Kier alpha value is -3.09. The van der Waals surface area contributed by atoms with Crippen LogP contribution in [0.2, 0.25) is 0 Å². The first-order valence-electron chi connectivity index (χ1n) is 8.08. The van der Waals surface area contributed by atoms with Crippen molar-refractivity contribution in [3.05, 3.63) is 71.9 Å². The maximum Gasteiger partial charge on any atom is 0.416 e. The van der Waals surface area contributed by atoms with Crippen molar-refractivity contribution in [3.8, 4) is 0 Å². The van der Waals surface area contributed by atoms with E-state index in [0.717, 1.165) is 29.8 Å². The molecule has 0 aliphatic rings. The van der Waals surface area contributed by atoms with E-state index in [4.69, 9.17) is 0 Å². The van der Waals surface area contributed by atoms with Crippen molar-refractivity contribution >= 4 is 23.1 Å². The number of nitrogens with one attached hydrogen (secondary N) is 2. The predicted molar refractivity (Wildman–Crippen MR) is 95.9 cm³/mol. The molecule has 3 aromatic rings. The Morgan fingerprint density at radius 3 is 2.54 bits per heavy atom. The molecule has 0 atom stereocenters. The fourth-order valence-electron chi connectivity index (χ4n) is 2.48. The zero-order chi connectivity index (χ0) is 18.6. The highest BCUT2D eigenvalue weighted by molar-refractivity contribution is 5.62. The van der Waals surface area contributed by atoms with Crippen LogP contribution in [-0.2, 0) is 12.6 Å². The van der Waals surface area contributed by atoms with E-state index in [-0.39, 0.29) is 11.6 Å². The summed E-state index contributed by atoms with van der Waals surface area (Å²) in [5, 5.41) is 6.02. The molecule has 0 fully saturated rings. The molecule has 3 rings (SSSR count). The average Bonchev–Trinajstić information content (AvgIpc) is 2.62. The topological polar surface area (TPSA) is 49.8 Å². The lowest BCUT2D eigenvalue weighted by molar-refractivity contribution is -0.137. The van der Waals surface area contributed by atoms with Crippen molar-refractivity contribution in [2.24, 2.45) is 0 Å². The third-order valence-corrected chi connectivity index (χ3v) is 3.76. The van der Waals surface area contributed by atoms with Gasteiger partial charge in [-0.25, -0.2) is 4.98 Å². The first-order valence-corrected chi connectivity index (χ1v) is 8.08.